The average Bonchev–Trinajstić information content (AvgIpc) is 3.16. The summed E-state index contributed by atoms with van der Waals surface area (Å²) in [7, 11) is 0. The molecule has 1 aliphatic heterocycles. The molecular formula is C16H12BrN3OS. The van der Waals surface area contributed by atoms with Gasteiger partial charge in [-0.05, 0) is 35.7 Å². The highest BCUT2D eigenvalue weighted by Gasteiger charge is 2.31. The number of hydrogen-bond donors (Lipinski definition) is 1. The normalized spacial score (nSPS) is 17.1. The number of amides is 1. The maximum Gasteiger partial charge on any atom is 0.226 e. The van der Waals surface area contributed by atoms with Gasteiger partial charge in [-0.2, -0.15) is 0 Å². The van der Waals surface area contributed by atoms with Crippen molar-refractivity contribution in [1.29, 1.82) is 0 Å². The van der Waals surface area contributed by atoms with E-state index in [2.05, 4.69) is 32.3 Å². The maximum atomic E-state index is 12.1. The van der Waals surface area contributed by atoms with E-state index in [1.165, 1.54) is 4.88 Å². The van der Waals surface area contributed by atoms with Gasteiger partial charge in [0, 0.05) is 27.4 Å². The predicted molar refractivity (Wildman–Crippen MR) is 90.7 cm³/mol. The molecule has 0 saturated heterocycles. The van der Waals surface area contributed by atoms with Crippen LogP contribution in [0.4, 0.5) is 5.82 Å². The molecule has 0 aliphatic carbocycles. The SMILES string of the molecule is O=C1C[C@@H](c2cccs2)c2ncn(-c3ccc(Br)cc3)c2N1. The van der Waals surface area contributed by atoms with Gasteiger partial charge in [0.25, 0.3) is 0 Å². The van der Waals surface area contributed by atoms with Gasteiger partial charge in [0.1, 0.15) is 12.1 Å². The second kappa shape index (κ2) is 5.37. The number of fused-ring (bicyclic) bond motifs is 1. The van der Waals surface area contributed by atoms with Crippen LogP contribution in [0, 0.1) is 0 Å². The van der Waals surface area contributed by atoms with Crippen molar-refractivity contribution in [2.45, 2.75) is 12.3 Å². The highest BCUT2D eigenvalue weighted by atomic mass is 79.9. The van der Waals surface area contributed by atoms with Gasteiger partial charge in [-0.1, -0.05) is 22.0 Å². The van der Waals surface area contributed by atoms with Gasteiger partial charge in [-0.15, -0.1) is 11.3 Å². The summed E-state index contributed by atoms with van der Waals surface area (Å²) >= 11 is 5.10. The molecule has 3 heterocycles. The van der Waals surface area contributed by atoms with Crippen molar-refractivity contribution in [2.24, 2.45) is 0 Å². The summed E-state index contributed by atoms with van der Waals surface area (Å²) in [5.41, 5.74) is 1.91. The Kier molecular flexibility index (Phi) is 3.35. The number of imidazole rings is 1. The molecule has 6 heteroatoms. The Morgan fingerprint density at radius 1 is 1.27 bits per heavy atom. The first-order chi connectivity index (χ1) is 10.7. The van der Waals surface area contributed by atoms with Crippen molar-refractivity contribution in [3.05, 3.63) is 63.1 Å². The number of nitrogens with one attached hydrogen (secondary N) is 1. The van der Waals surface area contributed by atoms with Gasteiger partial charge in [0.2, 0.25) is 5.91 Å². The summed E-state index contributed by atoms with van der Waals surface area (Å²) in [6.07, 6.45) is 2.23. The first kappa shape index (κ1) is 13.7. The molecule has 0 fully saturated rings. The molecule has 2 aromatic heterocycles. The molecule has 0 bridgehead atoms. The van der Waals surface area contributed by atoms with Gasteiger partial charge in [0.15, 0.2) is 0 Å². The van der Waals surface area contributed by atoms with Crippen LogP contribution in [-0.2, 0) is 4.79 Å². The van der Waals surface area contributed by atoms with Crippen molar-refractivity contribution in [3.63, 3.8) is 0 Å². The van der Waals surface area contributed by atoms with E-state index in [0.717, 1.165) is 21.7 Å². The topological polar surface area (TPSA) is 46.9 Å². The Labute approximate surface area is 139 Å². The van der Waals surface area contributed by atoms with Gasteiger partial charge in [-0.3, -0.25) is 9.36 Å². The van der Waals surface area contributed by atoms with Crippen molar-refractivity contribution in [1.82, 2.24) is 9.55 Å². The Bertz CT molecular complexity index is 824. The number of carbonyl (C=O) groups is 1. The lowest BCUT2D eigenvalue weighted by molar-refractivity contribution is -0.116. The minimum Gasteiger partial charge on any atom is -0.310 e. The van der Waals surface area contributed by atoms with Crippen LogP contribution in [0.1, 0.15) is 22.9 Å². The summed E-state index contributed by atoms with van der Waals surface area (Å²) < 4.78 is 2.95. The molecule has 0 radical (unpaired) electrons. The van der Waals surface area contributed by atoms with Crippen molar-refractivity contribution in [2.75, 3.05) is 5.32 Å². The molecule has 4 nitrogen and oxygen atoms in total. The highest BCUT2D eigenvalue weighted by Crippen LogP contribution is 2.38. The quantitative estimate of drug-likeness (QED) is 0.732. The third-order valence-electron chi connectivity index (χ3n) is 3.76. The zero-order valence-electron chi connectivity index (χ0n) is 11.5. The number of aromatic nitrogens is 2. The number of anilines is 1. The molecule has 1 aromatic carbocycles. The summed E-state index contributed by atoms with van der Waals surface area (Å²) in [4.78, 5) is 17.9. The second-order valence-corrected chi connectivity index (χ2v) is 7.04. The van der Waals surface area contributed by atoms with Gasteiger partial charge < -0.3 is 5.32 Å². The van der Waals surface area contributed by atoms with Crippen LogP contribution in [0.3, 0.4) is 0 Å². The number of carbonyl (C=O) groups excluding carboxylic acids is 1. The Balaban J connectivity index is 1.82. The summed E-state index contributed by atoms with van der Waals surface area (Å²) in [5, 5.41) is 5.00. The van der Waals surface area contributed by atoms with Crippen LogP contribution in [0.15, 0.2) is 52.6 Å². The average molecular weight is 374 g/mol. The maximum absolute atomic E-state index is 12.1. The Morgan fingerprint density at radius 3 is 2.82 bits per heavy atom. The molecule has 0 spiro atoms. The van der Waals surface area contributed by atoms with E-state index in [9.17, 15) is 4.79 Å². The molecule has 0 unspecified atom stereocenters. The lowest BCUT2D eigenvalue weighted by atomic mass is 9.96. The summed E-state index contributed by atoms with van der Waals surface area (Å²) in [6, 6.07) is 12.0. The molecular weight excluding hydrogens is 362 g/mol. The number of halogens is 1. The fourth-order valence-electron chi connectivity index (χ4n) is 2.73. The molecule has 1 N–H and O–H groups in total. The number of rotatable bonds is 2. The van der Waals surface area contributed by atoms with Crippen LogP contribution in [0.2, 0.25) is 0 Å². The van der Waals surface area contributed by atoms with E-state index in [0.29, 0.717) is 6.42 Å². The van der Waals surface area contributed by atoms with Crippen molar-refractivity contribution in [3.8, 4) is 5.69 Å². The van der Waals surface area contributed by atoms with Crippen LogP contribution in [-0.4, -0.2) is 15.5 Å². The Morgan fingerprint density at radius 2 is 2.09 bits per heavy atom. The van der Waals surface area contributed by atoms with Gasteiger partial charge in [0.05, 0.1) is 5.69 Å². The minimum atomic E-state index is 0.0322. The number of benzene rings is 1. The van der Waals surface area contributed by atoms with E-state index >= 15 is 0 Å². The highest BCUT2D eigenvalue weighted by molar-refractivity contribution is 9.10. The summed E-state index contributed by atoms with van der Waals surface area (Å²) in [5.74, 6) is 0.849. The van der Waals surface area contributed by atoms with Crippen LogP contribution >= 0.6 is 27.3 Å². The zero-order chi connectivity index (χ0) is 15.1. The predicted octanol–water partition coefficient (Wildman–Crippen LogP) is 4.17. The van der Waals surface area contributed by atoms with E-state index in [-0.39, 0.29) is 11.8 Å². The van der Waals surface area contributed by atoms with Crippen LogP contribution in [0.5, 0.6) is 0 Å². The van der Waals surface area contributed by atoms with Gasteiger partial charge in [-0.25, -0.2) is 4.98 Å². The van der Waals surface area contributed by atoms with E-state index in [1.54, 1.807) is 17.7 Å². The standard InChI is InChI=1S/C16H12BrN3OS/c17-10-3-5-11(6-4-10)20-9-18-15-12(13-2-1-7-22-13)8-14(21)19-16(15)20/h1-7,9,12H,8H2,(H,19,21)/t12-/m0/s1. The fraction of sp³-hybridized carbons (Fsp3) is 0.125. The fourth-order valence-corrected chi connectivity index (χ4v) is 3.82. The van der Waals surface area contributed by atoms with Crippen molar-refractivity contribution < 1.29 is 4.79 Å². The first-order valence-corrected chi connectivity index (χ1v) is 8.56. The monoisotopic (exact) mass is 373 g/mol. The molecule has 0 saturated carbocycles. The molecule has 1 aliphatic rings. The third kappa shape index (κ3) is 2.28. The molecule has 110 valence electrons. The molecule has 1 amide bonds. The lowest BCUT2D eigenvalue weighted by Crippen LogP contribution is -2.24. The molecule has 22 heavy (non-hydrogen) atoms. The van der Waals surface area contributed by atoms with E-state index < -0.39 is 0 Å². The van der Waals surface area contributed by atoms with Crippen LogP contribution in [0.25, 0.3) is 5.69 Å². The minimum absolute atomic E-state index is 0.0322. The lowest BCUT2D eigenvalue weighted by Gasteiger charge is -2.22. The van der Waals surface area contributed by atoms with Crippen molar-refractivity contribution >= 4 is 39.0 Å². The largest absolute Gasteiger partial charge is 0.310 e. The van der Waals surface area contributed by atoms with E-state index in [1.807, 2.05) is 40.3 Å². The van der Waals surface area contributed by atoms with Crippen LogP contribution < -0.4 is 5.32 Å². The molecule has 3 aromatic rings. The Hall–Kier alpha value is -1.92. The molecule has 1 atom stereocenters. The summed E-state index contributed by atoms with van der Waals surface area (Å²) in [6.45, 7) is 0. The van der Waals surface area contributed by atoms with Gasteiger partial charge >= 0.3 is 0 Å². The number of nitrogens with zero attached hydrogens (tertiary/aromatic N) is 2. The third-order valence-corrected chi connectivity index (χ3v) is 5.28. The number of thiophene rings is 1. The molecule has 4 rings (SSSR count). The zero-order valence-corrected chi connectivity index (χ0v) is 13.9. The first-order valence-electron chi connectivity index (χ1n) is 6.89. The van der Waals surface area contributed by atoms with E-state index in [4.69, 9.17) is 0 Å². The second-order valence-electron chi connectivity index (χ2n) is 5.15. The number of hydrogen-bond acceptors (Lipinski definition) is 3. The smallest absolute Gasteiger partial charge is 0.226 e.